The SMILES string of the molecule is NC(Cc1ccc(Br)c(F)c1Cl)C(=O)O. The lowest BCUT2D eigenvalue weighted by Crippen LogP contribution is -2.32. The second-order valence-electron chi connectivity index (χ2n) is 2.98. The molecule has 3 N–H and O–H groups in total. The maximum absolute atomic E-state index is 13.3. The third kappa shape index (κ3) is 2.90. The predicted octanol–water partition coefficient (Wildman–Crippen LogP) is 2.20. The molecule has 0 heterocycles. The molecule has 15 heavy (non-hydrogen) atoms. The molecule has 0 amide bonds. The zero-order valence-corrected chi connectivity index (χ0v) is 9.85. The van der Waals surface area contributed by atoms with E-state index < -0.39 is 17.8 Å². The van der Waals surface area contributed by atoms with Crippen molar-refractivity contribution in [1.82, 2.24) is 0 Å². The molecule has 0 aliphatic rings. The maximum Gasteiger partial charge on any atom is 0.320 e. The summed E-state index contributed by atoms with van der Waals surface area (Å²) in [6, 6.07) is 1.92. The molecular weight excluding hydrogens is 288 g/mol. The van der Waals surface area contributed by atoms with Crippen LogP contribution in [-0.4, -0.2) is 17.1 Å². The summed E-state index contributed by atoms with van der Waals surface area (Å²) in [5, 5.41) is 8.49. The van der Waals surface area contributed by atoms with Gasteiger partial charge in [-0.15, -0.1) is 0 Å². The van der Waals surface area contributed by atoms with E-state index in [1.807, 2.05) is 0 Å². The van der Waals surface area contributed by atoms with E-state index >= 15 is 0 Å². The lowest BCUT2D eigenvalue weighted by molar-refractivity contribution is -0.138. The molecule has 1 aromatic rings. The van der Waals surface area contributed by atoms with E-state index in [4.69, 9.17) is 22.4 Å². The van der Waals surface area contributed by atoms with Crippen molar-refractivity contribution in [2.45, 2.75) is 12.5 Å². The lowest BCUT2D eigenvalue weighted by Gasteiger charge is -2.09. The van der Waals surface area contributed by atoms with E-state index in [1.165, 1.54) is 12.1 Å². The van der Waals surface area contributed by atoms with Crippen LogP contribution in [0.4, 0.5) is 4.39 Å². The number of aliphatic carboxylic acids is 1. The third-order valence-electron chi connectivity index (χ3n) is 1.87. The first kappa shape index (κ1) is 12.4. The fourth-order valence-electron chi connectivity index (χ4n) is 1.05. The van der Waals surface area contributed by atoms with Crippen LogP contribution in [0, 0.1) is 5.82 Å². The zero-order valence-electron chi connectivity index (χ0n) is 7.51. The first-order valence-electron chi connectivity index (χ1n) is 4.04. The number of carboxylic acid groups (broad SMARTS) is 1. The second-order valence-corrected chi connectivity index (χ2v) is 4.22. The number of carboxylic acids is 1. The van der Waals surface area contributed by atoms with Gasteiger partial charge in [-0.05, 0) is 34.0 Å². The van der Waals surface area contributed by atoms with Gasteiger partial charge in [0, 0.05) is 0 Å². The minimum Gasteiger partial charge on any atom is -0.480 e. The Hall–Kier alpha value is -0.650. The highest BCUT2D eigenvalue weighted by Gasteiger charge is 2.16. The molecule has 3 nitrogen and oxygen atoms in total. The lowest BCUT2D eigenvalue weighted by atomic mass is 10.1. The predicted molar refractivity (Wildman–Crippen MR) is 58.4 cm³/mol. The molecule has 1 rings (SSSR count). The van der Waals surface area contributed by atoms with Gasteiger partial charge in [0.2, 0.25) is 0 Å². The van der Waals surface area contributed by atoms with E-state index in [2.05, 4.69) is 15.9 Å². The number of carbonyl (C=O) groups is 1. The monoisotopic (exact) mass is 295 g/mol. The van der Waals surface area contributed by atoms with Gasteiger partial charge in [-0.1, -0.05) is 17.7 Å². The van der Waals surface area contributed by atoms with Gasteiger partial charge in [0.05, 0.1) is 9.50 Å². The molecule has 0 saturated carbocycles. The quantitative estimate of drug-likeness (QED) is 0.841. The molecule has 82 valence electrons. The largest absolute Gasteiger partial charge is 0.480 e. The van der Waals surface area contributed by atoms with E-state index in [-0.39, 0.29) is 15.9 Å². The summed E-state index contributed by atoms with van der Waals surface area (Å²) in [6.07, 6.45) is -0.00162. The smallest absolute Gasteiger partial charge is 0.320 e. The minimum absolute atomic E-state index is 0.00162. The summed E-state index contributed by atoms with van der Waals surface area (Å²) in [6.45, 7) is 0. The Bertz CT molecular complexity index is 400. The molecule has 0 aliphatic heterocycles. The normalized spacial score (nSPS) is 12.5. The van der Waals surface area contributed by atoms with Crippen molar-refractivity contribution in [3.05, 3.63) is 33.0 Å². The molecule has 6 heteroatoms. The molecule has 0 spiro atoms. The summed E-state index contributed by atoms with van der Waals surface area (Å²) < 4.78 is 13.5. The van der Waals surface area contributed by atoms with Crippen LogP contribution in [0.1, 0.15) is 5.56 Å². The molecule has 1 atom stereocenters. The Balaban J connectivity index is 2.97. The average molecular weight is 297 g/mol. The van der Waals surface area contributed by atoms with Crippen molar-refractivity contribution < 1.29 is 14.3 Å². The van der Waals surface area contributed by atoms with Gasteiger partial charge in [-0.3, -0.25) is 4.79 Å². The molecule has 0 saturated heterocycles. The first-order chi connectivity index (χ1) is 6.93. The summed E-state index contributed by atoms with van der Waals surface area (Å²) in [4.78, 5) is 10.5. The van der Waals surface area contributed by atoms with Crippen molar-refractivity contribution in [2.75, 3.05) is 0 Å². The van der Waals surface area contributed by atoms with Crippen molar-refractivity contribution in [3.63, 3.8) is 0 Å². The maximum atomic E-state index is 13.3. The summed E-state index contributed by atoms with van der Waals surface area (Å²) in [7, 11) is 0. The molecule has 0 fully saturated rings. The van der Waals surface area contributed by atoms with Crippen LogP contribution in [0.2, 0.25) is 5.02 Å². The van der Waals surface area contributed by atoms with Crippen molar-refractivity contribution in [1.29, 1.82) is 0 Å². The Kier molecular flexibility index (Phi) is 4.07. The molecule has 1 aromatic carbocycles. The van der Waals surface area contributed by atoms with E-state index in [0.717, 1.165) is 0 Å². The van der Waals surface area contributed by atoms with Crippen LogP contribution < -0.4 is 5.73 Å². The molecule has 0 aliphatic carbocycles. The van der Waals surface area contributed by atoms with Crippen LogP contribution in [0.5, 0.6) is 0 Å². The van der Waals surface area contributed by atoms with Gasteiger partial charge in [-0.25, -0.2) is 4.39 Å². The van der Waals surface area contributed by atoms with Gasteiger partial charge < -0.3 is 10.8 Å². The number of nitrogens with two attached hydrogens (primary N) is 1. The van der Waals surface area contributed by atoms with Gasteiger partial charge in [0.15, 0.2) is 5.82 Å². The highest BCUT2D eigenvalue weighted by atomic mass is 79.9. The first-order valence-corrected chi connectivity index (χ1v) is 5.21. The standard InChI is InChI=1S/C9H8BrClFNO2/c10-5-2-1-4(7(11)8(5)12)3-6(13)9(14)15/h1-2,6H,3,13H2,(H,14,15). The third-order valence-corrected chi connectivity index (χ3v) is 2.89. The Morgan fingerprint density at radius 2 is 2.27 bits per heavy atom. The van der Waals surface area contributed by atoms with Gasteiger partial charge in [0.1, 0.15) is 6.04 Å². The molecule has 0 aromatic heterocycles. The summed E-state index contributed by atoms with van der Waals surface area (Å²) in [5.41, 5.74) is 5.69. The van der Waals surface area contributed by atoms with E-state index in [1.54, 1.807) is 0 Å². The van der Waals surface area contributed by atoms with Crippen LogP contribution in [0.25, 0.3) is 0 Å². The van der Waals surface area contributed by atoms with Crippen molar-refractivity contribution >= 4 is 33.5 Å². The van der Waals surface area contributed by atoms with Gasteiger partial charge >= 0.3 is 5.97 Å². The number of halogens is 3. The average Bonchev–Trinajstić information content (AvgIpc) is 2.18. The van der Waals surface area contributed by atoms with Gasteiger partial charge in [-0.2, -0.15) is 0 Å². The second kappa shape index (κ2) is 4.92. The van der Waals surface area contributed by atoms with Crippen molar-refractivity contribution in [3.8, 4) is 0 Å². The summed E-state index contributed by atoms with van der Waals surface area (Å²) >= 11 is 8.66. The van der Waals surface area contributed by atoms with Crippen LogP contribution in [-0.2, 0) is 11.2 Å². The number of benzene rings is 1. The zero-order chi connectivity index (χ0) is 11.6. The Labute approximate surface area is 99.2 Å². The van der Waals surface area contributed by atoms with E-state index in [0.29, 0.717) is 5.56 Å². The highest BCUT2D eigenvalue weighted by Crippen LogP contribution is 2.27. The van der Waals surface area contributed by atoms with Crippen LogP contribution >= 0.6 is 27.5 Å². The Morgan fingerprint density at radius 3 is 2.80 bits per heavy atom. The molecule has 1 unspecified atom stereocenters. The van der Waals surface area contributed by atoms with Gasteiger partial charge in [0.25, 0.3) is 0 Å². The van der Waals surface area contributed by atoms with Crippen LogP contribution in [0.15, 0.2) is 16.6 Å². The minimum atomic E-state index is -1.14. The number of rotatable bonds is 3. The topological polar surface area (TPSA) is 63.3 Å². The summed E-state index contributed by atoms with van der Waals surface area (Å²) in [5.74, 6) is -1.75. The van der Waals surface area contributed by atoms with Crippen LogP contribution in [0.3, 0.4) is 0 Å². The number of hydrogen-bond donors (Lipinski definition) is 2. The molecular formula is C9H8BrClFNO2. The fraction of sp³-hybridized carbons (Fsp3) is 0.222. The fourth-order valence-corrected chi connectivity index (χ4v) is 1.73. The Morgan fingerprint density at radius 1 is 1.67 bits per heavy atom. The number of hydrogen-bond acceptors (Lipinski definition) is 2. The molecule has 0 bridgehead atoms. The highest BCUT2D eigenvalue weighted by molar-refractivity contribution is 9.10. The van der Waals surface area contributed by atoms with E-state index in [9.17, 15) is 9.18 Å². The molecule has 0 radical (unpaired) electrons. The van der Waals surface area contributed by atoms with Crippen molar-refractivity contribution in [2.24, 2.45) is 5.73 Å².